The first kappa shape index (κ1) is 17.5. The summed E-state index contributed by atoms with van der Waals surface area (Å²) in [6.07, 6.45) is 0.222. The van der Waals surface area contributed by atoms with Gasteiger partial charge in [-0.05, 0) is 55.3 Å². The number of methoxy groups -OCH3 is 1. The Morgan fingerprint density at radius 2 is 1.79 bits per heavy atom. The molecule has 2 aromatic rings. The van der Waals surface area contributed by atoms with Gasteiger partial charge in [-0.1, -0.05) is 12.1 Å². The number of amides is 1. The Morgan fingerprint density at radius 3 is 2.38 bits per heavy atom. The molecule has 0 unspecified atom stereocenters. The fraction of sp³-hybridized carbons (Fsp3) is 0.263. The van der Waals surface area contributed by atoms with E-state index >= 15 is 0 Å². The highest BCUT2D eigenvalue weighted by Crippen LogP contribution is 2.19. The topological polar surface area (TPSA) is 64.6 Å². The smallest absolute Gasteiger partial charge is 0.310 e. The normalized spacial score (nSPS) is 10.1. The van der Waals surface area contributed by atoms with E-state index in [1.165, 1.54) is 0 Å². The van der Waals surface area contributed by atoms with Gasteiger partial charge < -0.3 is 14.8 Å². The van der Waals surface area contributed by atoms with Gasteiger partial charge in [-0.3, -0.25) is 9.59 Å². The average molecular weight is 327 g/mol. The molecule has 5 heteroatoms. The summed E-state index contributed by atoms with van der Waals surface area (Å²) in [5, 5.41) is 2.83. The predicted octanol–water partition coefficient (Wildman–Crippen LogP) is 3.36. The maximum Gasteiger partial charge on any atom is 0.310 e. The molecule has 0 aliphatic carbocycles. The number of benzene rings is 2. The summed E-state index contributed by atoms with van der Waals surface area (Å²) in [6.45, 7) is 4.03. The van der Waals surface area contributed by atoms with Gasteiger partial charge in [0.15, 0.2) is 0 Å². The zero-order chi connectivity index (χ0) is 17.5. The SMILES string of the molecule is CCOC(=O)Cc1ccc(NC(=O)c2ccc(OC)c(C)c2)cc1. The van der Waals surface area contributed by atoms with Gasteiger partial charge in [0.05, 0.1) is 20.1 Å². The molecule has 0 spiro atoms. The fourth-order valence-electron chi connectivity index (χ4n) is 2.31. The number of hydrogen-bond acceptors (Lipinski definition) is 4. The van der Waals surface area contributed by atoms with Gasteiger partial charge in [-0.15, -0.1) is 0 Å². The number of aryl methyl sites for hydroxylation is 1. The van der Waals surface area contributed by atoms with Gasteiger partial charge in [0.1, 0.15) is 5.75 Å². The number of ether oxygens (including phenoxy) is 2. The molecule has 1 amide bonds. The summed E-state index contributed by atoms with van der Waals surface area (Å²) >= 11 is 0. The highest BCUT2D eigenvalue weighted by atomic mass is 16.5. The molecule has 126 valence electrons. The third-order valence-corrected chi connectivity index (χ3v) is 3.52. The lowest BCUT2D eigenvalue weighted by Gasteiger charge is -2.09. The lowest BCUT2D eigenvalue weighted by molar-refractivity contribution is -0.142. The van der Waals surface area contributed by atoms with E-state index in [0.717, 1.165) is 16.9 Å². The standard InChI is InChI=1S/C19H21NO4/c1-4-24-18(21)12-14-5-8-16(9-6-14)20-19(22)15-7-10-17(23-3)13(2)11-15/h5-11H,4,12H2,1-3H3,(H,20,22). The highest BCUT2D eigenvalue weighted by molar-refractivity contribution is 6.04. The minimum absolute atomic E-state index is 0.195. The monoisotopic (exact) mass is 327 g/mol. The van der Waals surface area contributed by atoms with Crippen molar-refractivity contribution in [1.82, 2.24) is 0 Å². The van der Waals surface area contributed by atoms with E-state index in [2.05, 4.69) is 5.32 Å². The van der Waals surface area contributed by atoms with Crippen LogP contribution in [0.15, 0.2) is 42.5 Å². The Bertz CT molecular complexity index is 723. The van der Waals surface area contributed by atoms with Crippen molar-refractivity contribution in [2.24, 2.45) is 0 Å². The lowest BCUT2D eigenvalue weighted by Crippen LogP contribution is -2.12. The van der Waals surface area contributed by atoms with Crippen LogP contribution in [0, 0.1) is 6.92 Å². The Balaban J connectivity index is 2.01. The van der Waals surface area contributed by atoms with Crippen LogP contribution >= 0.6 is 0 Å². The van der Waals surface area contributed by atoms with E-state index in [9.17, 15) is 9.59 Å². The van der Waals surface area contributed by atoms with E-state index in [0.29, 0.717) is 17.9 Å². The molecule has 2 rings (SSSR count). The minimum Gasteiger partial charge on any atom is -0.496 e. The molecule has 24 heavy (non-hydrogen) atoms. The Kier molecular flexibility index (Phi) is 5.95. The molecule has 0 atom stereocenters. The first-order valence-corrected chi connectivity index (χ1v) is 7.74. The Labute approximate surface area is 141 Å². The second-order valence-corrected chi connectivity index (χ2v) is 5.32. The minimum atomic E-state index is -0.261. The van der Waals surface area contributed by atoms with Crippen LogP contribution < -0.4 is 10.1 Å². The van der Waals surface area contributed by atoms with E-state index < -0.39 is 0 Å². The fourth-order valence-corrected chi connectivity index (χ4v) is 2.31. The van der Waals surface area contributed by atoms with Crippen molar-refractivity contribution in [3.8, 4) is 5.75 Å². The van der Waals surface area contributed by atoms with Gasteiger partial charge in [0.2, 0.25) is 0 Å². The number of nitrogens with one attached hydrogen (secondary N) is 1. The van der Waals surface area contributed by atoms with Crippen LogP contribution in [0.1, 0.15) is 28.4 Å². The predicted molar refractivity (Wildman–Crippen MR) is 92.5 cm³/mol. The second kappa shape index (κ2) is 8.15. The van der Waals surface area contributed by atoms with Crippen molar-refractivity contribution < 1.29 is 19.1 Å². The van der Waals surface area contributed by atoms with E-state index in [-0.39, 0.29) is 18.3 Å². The van der Waals surface area contributed by atoms with Crippen LogP contribution in [0.25, 0.3) is 0 Å². The number of anilines is 1. The van der Waals surface area contributed by atoms with E-state index in [1.807, 2.05) is 6.92 Å². The molecule has 0 aromatic heterocycles. The maximum atomic E-state index is 12.3. The van der Waals surface area contributed by atoms with Crippen molar-refractivity contribution in [2.75, 3.05) is 19.0 Å². The third kappa shape index (κ3) is 4.59. The van der Waals surface area contributed by atoms with E-state index in [1.54, 1.807) is 56.5 Å². The quantitative estimate of drug-likeness (QED) is 0.826. The summed E-state index contributed by atoms with van der Waals surface area (Å²) in [5.74, 6) is 0.289. The van der Waals surface area contributed by atoms with Crippen molar-refractivity contribution in [1.29, 1.82) is 0 Å². The van der Waals surface area contributed by atoms with E-state index in [4.69, 9.17) is 9.47 Å². The Hall–Kier alpha value is -2.82. The zero-order valence-corrected chi connectivity index (χ0v) is 14.1. The van der Waals surface area contributed by atoms with Crippen LogP contribution in [-0.4, -0.2) is 25.6 Å². The van der Waals surface area contributed by atoms with Gasteiger partial charge in [-0.25, -0.2) is 0 Å². The van der Waals surface area contributed by atoms with Crippen LogP contribution in [0.3, 0.4) is 0 Å². The third-order valence-electron chi connectivity index (χ3n) is 3.52. The molecule has 0 heterocycles. The summed E-state index contributed by atoms with van der Waals surface area (Å²) < 4.78 is 10.1. The molecule has 5 nitrogen and oxygen atoms in total. The van der Waals surface area contributed by atoms with Gasteiger partial charge in [0, 0.05) is 11.3 Å². The van der Waals surface area contributed by atoms with Crippen molar-refractivity contribution in [3.05, 3.63) is 59.2 Å². The average Bonchev–Trinajstić information content (AvgIpc) is 2.56. The van der Waals surface area contributed by atoms with Crippen molar-refractivity contribution >= 4 is 17.6 Å². The summed E-state index contributed by atoms with van der Waals surface area (Å²) in [4.78, 5) is 23.7. The van der Waals surface area contributed by atoms with Gasteiger partial charge >= 0.3 is 5.97 Å². The molecule has 0 saturated carbocycles. The van der Waals surface area contributed by atoms with Crippen LogP contribution in [0.5, 0.6) is 5.75 Å². The van der Waals surface area contributed by atoms with Gasteiger partial charge in [-0.2, -0.15) is 0 Å². The number of carbonyl (C=O) groups excluding carboxylic acids is 2. The zero-order valence-electron chi connectivity index (χ0n) is 14.1. The number of carbonyl (C=O) groups is 2. The summed E-state index contributed by atoms with van der Waals surface area (Å²) in [5.41, 5.74) is 2.96. The highest BCUT2D eigenvalue weighted by Gasteiger charge is 2.09. The summed E-state index contributed by atoms with van der Waals surface area (Å²) in [6, 6.07) is 12.4. The molecule has 0 aliphatic heterocycles. The summed E-state index contributed by atoms with van der Waals surface area (Å²) in [7, 11) is 1.60. The van der Waals surface area contributed by atoms with Crippen molar-refractivity contribution in [3.63, 3.8) is 0 Å². The maximum absolute atomic E-state index is 12.3. The molecule has 0 radical (unpaired) electrons. The largest absolute Gasteiger partial charge is 0.496 e. The number of hydrogen-bond donors (Lipinski definition) is 1. The molecule has 0 aliphatic rings. The first-order chi connectivity index (χ1) is 11.5. The molecule has 1 N–H and O–H groups in total. The van der Waals surface area contributed by atoms with Crippen molar-refractivity contribution in [2.45, 2.75) is 20.3 Å². The van der Waals surface area contributed by atoms with Crippen LogP contribution in [0.2, 0.25) is 0 Å². The molecule has 2 aromatic carbocycles. The molecule has 0 saturated heterocycles. The Morgan fingerprint density at radius 1 is 1.08 bits per heavy atom. The van der Waals surface area contributed by atoms with Crippen LogP contribution in [0.4, 0.5) is 5.69 Å². The molecular formula is C19H21NO4. The molecule has 0 bridgehead atoms. The lowest BCUT2D eigenvalue weighted by atomic mass is 10.1. The number of rotatable bonds is 6. The first-order valence-electron chi connectivity index (χ1n) is 7.74. The number of esters is 1. The van der Waals surface area contributed by atoms with Gasteiger partial charge in [0.25, 0.3) is 5.91 Å². The second-order valence-electron chi connectivity index (χ2n) is 5.32. The molecular weight excluding hydrogens is 306 g/mol. The van der Waals surface area contributed by atoms with Crippen LogP contribution in [-0.2, 0) is 16.0 Å². The molecule has 0 fully saturated rings.